The zero-order valence-corrected chi connectivity index (χ0v) is 14.5. The number of aliphatic carboxylic acids is 1. The molecule has 122 valence electrons. The van der Waals surface area contributed by atoms with E-state index in [1.54, 1.807) is 4.90 Å². The van der Waals surface area contributed by atoms with Crippen LogP contribution in [0.5, 0.6) is 0 Å². The number of carboxylic acid groups (broad SMARTS) is 1. The van der Waals surface area contributed by atoms with Gasteiger partial charge >= 0.3 is 0 Å². The summed E-state index contributed by atoms with van der Waals surface area (Å²) in [4.78, 5) is 25.0. The molecule has 1 aliphatic rings. The quantitative estimate of drug-likeness (QED) is 0.430. The Bertz CT molecular complexity index is 638. The number of unbranched alkanes of at least 4 members (excludes halogenated alkanes) is 2. The van der Waals surface area contributed by atoms with Gasteiger partial charge in [0.15, 0.2) is 0 Å². The van der Waals surface area contributed by atoms with Crippen LogP contribution in [0.15, 0.2) is 29.2 Å². The summed E-state index contributed by atoms with van der Waals surface area (Å²) >= 11 is 6.59. The fourth-order valence-corrected chi connectivity index (χ4v) is 3.53. The normalized spacial score (nSPS) is 16.4. The average Bonchev–Trinajstić information content (AvgIpc) is 2.76. The van der Waals surface area contributed by atoms with Gasteiger partial charge in [0.2, 0.25) is 0 Å². The summed E-state index contributed by atoms with van der Waals surface area (Å²) in [6, 6.07) is 7.96. The van der Waals surface area contributed by atoms with Gasteiger partial charge in [0.25, 0.3) is 5.91 Å². The lowest BCUT2D eigenvalue weighted by atomic mass is 10.1. The summed E-state index contributed by atoms with van der Waals surface area (Å²) in [7, 11) is 0. The zero-order chi connectivity index (χ0) is 16.8. The highest BCUT2D eigenvalue weighted by Gasteiger charge is 2.31. The van der Waals surface area contributed by atoms with Gasteiger partial charge in [0.1, 0.15) is 4.32 Å². The molecule has 0 spiro atoms. The Morgan fingerprint density at radius 2 is 1.96 bits per heavy atom. The number of thioether (sulfide) groups is 1. The van der Waals surface area contributed by atoms with Gasteiger partial charge in [-0.15, -0.1) is 0 Å². The lowest BCUT2D eigenvalue weighted by Crippen LogP contribution is -2.29. The molecule has 1 aromatic carbocycles. The number of carbonyl (C=O) groups excluding carboxylic acids is 2. The van der Waals surface area contributed by atoms with Gasteiger partial charge in [0.05, 0.1) is 4.91 Å². The van der Waals surface area contributed by atoms with Crippen LogP contribution in [-0.2, 0) is 9.59 Å². The number of carbonyl (C=O) groups is 2. The molecule has 0 radical (unpaired) electrons. The number of hydrogen-bond donors (Lipinski definition) is 0. The largest absolute Gasteiger partial charge is 0.550 e. The molecule has 1 amide bonds. The van der Waals surface area contributed by atoms with Crippen molar-refractivity contribution in [3.8, 4) is 0 Å². The second-order valence-corrected chi connectivity index (χ2v) is 7.10. The van der Waals surface area contributed by atoms with Crippen LogP contribution < -0.4 is 5.11 Å². The molecule has 1 heterocycles. The van der Waals surface area contributed by atoms with Crippen LogP contribution in [0, 0.1) is 6.92 Å². The van der Waals surface area contributed by atoms with Crippen LogP contribution in [0.4, 0.5) is 0 Å². The highest BCUT2D eigenvalue weighted by molar-refractivity contribution is 8.26. The topological polar surface area (TPSA) is 60.4 Å². The Labute approximate surface area is 145 Å². The number of rotatable bonds is 7. The summed E-state index contributed by atoms with van der Waals surface area (Å²) in [5, 5.41) is 10.4. The van der Waals surface area contributed by atoms with Gasteiger partial charge < -0.3 is 9.90 Å². The SMILES string of the molecule is Cc1ccc(/C=C2\SC(=S)N(CCCCCC(=O)[O-])C2=O)cc1. The third-order valence-electron chi connectivity index (χ3n) is 3.51. The first-order valence-electron chi connectivity index (χ1n) is 7.49. The molecule has 0 aromatic heterocycles. The minimum absolute atomic E-state index is 0.0612. The van der Waals surface area contributed by atoms with Crippen LogP contribution in [0.1, 0.15) is 36.8 Å². The number of carboxylic acids is 1. The van der Waals surface area contributed by atoms with E-state index in [9.17, 15) is 14.7 Å². The van der Waals surface area contributed by atoms with Crippen LogP contribution in [0.3, 0.4) is 0 Å². The van der Waals surface area contributed by atoms with E-state index < -0.39 is 5.97 Å². The maximum absolute atomic E-state index is 12.4. The van der Waals surface area contributed by atoms with Crippen molar-refractivity contribution in [1.29, 1.82) is 0 Å². The molecule has 23 heavy (non-hydrogen) atoms. The van der Waals surface area contributed by atoms with Crippen LogP contribution in [0.25, 0.3) is 6.08 Å². The first-order valence-corrected chi connectivity index (χ1v) is 8.72. The summed E-state index contributed by atoms with van der Waals surface area (Å²) in [5.74, 6) is -1.10. The molecule has 0 N–H and O–H groups in total. The minimum atomic E-state index is -1.03. The van der Waals surface area contributed by atoms with Crippen molar-refractivity contribution >= 4 is 46.3 Å². The van der Waals surface area contributed by atoms with E-state index >= 15 is 0 Å². The number of hydrogen-bond acceptors (Lipinski definition) is 5. The number of aryl methyl sites for hydroxylation is 1. The smallest absolute Gasteiger partial charge is 0.266 e. The lowest BCUT2D eigenvalue weighted by Gasteiger charge is -2.14. The molecule has 1 fully saturated rings. The van der Waals surface area contributed by atoms with E-state index in [0.29, 0.717) is 22.2 Å². The summed E-state index contributed by atoms with van der Waals surface area (Å²) in [5.41, 5.74) is 2.15. The van der Waals surface area contributed by atoms with Crippen molar-refractivity contribution < 1.29 is 14.7 Å². The predicted molar refractivity (Wildman–Crippen MR) is 94.5 cm³/mol. The van der Waals surface area contributed by atoms with Crippen molar-refractivity contribution in [1.82, 2.24) is 4.90 Å². The van der Waals surface area contributed by atoms with Crippen LogP contribution in [0.2, 0.25) is 0 Å². The van der Waals surface area contributed by atoms with E-state index in [4.69, 9.17) is 12.2 Å². The van der Waals surface area contributed by atoms with E-state index in [1.165, 1.54) is 17.3 Å². The highest BCUT2D eigenvalue weighted by Crippen LogP contribution is 2.32. The third-order valence-corrected chi connectivity index (χ3v) is 4.89. The number of nitrogens with zero attached hydrogens (tertiary/aromatic N) is 1. The van der Waals surface area contributed by atoms with Crippen LogP contribution in [-0.4, -0.2) is 27.6 Å². The molecule has 0 unspecified atom stereocenters. The molecule has 0 bridgehead atoms. The van der Waals surface area contributed by atoms with Crippen molar-refractivity contribution in [3.05, 3.63) is 40.3 Å². The second-order valence-electron chi connectivity index (χ2n) is 5.43. The molecule has 0 saturated carbocycles. The molecular formula is C17H18NO3S2-. The molecular weight excluding hydrogens is 330 g/mol. The maximum atomic E-state index is 12.4. The fraction of sp³-hybridized carbons (Fsp3) is 0.353. The Kier molecular flexibility index (Phi) is 6.36. The number of amides is 1. The van der Waals surface area contributed by atoms with Crippen molar-refractivity contribution in [2.45, 2.75) is 32.6 Å². The van der Waals surface area contributed by atoms with Crippen molar-refractivity contribution in [2.75, 3.05) is 6.54 Å². The van der Waals surface area contributed by atoms with Gasteiger partial charge in [-0.2, -0.15) is 0 Å². The first kappa shape index (κ1) is 17.7. The monoisotopic (exact) mass is 348 g/mol. The van der Waals surface area contributed by atoms with E-state index in [0.717, 1.165) is 18.4 Å². The maximum Gasteiger partial charge on any atom is 0.266 e. The van der Waals surface area contributed by atoms with Crippen molar-refractivity contribution in [3.63, 3.8) is 0 Å². The van der Waals surface area contributed by atoms with E-state index in [-0.39, 0.29) is 12.3 Å². The number of benzene rings is 1. The predicted octanol–water partition coefficient (Wildman–Crippen LogP) is 2.51. The molecule has 1 aromatic rings. The Morgan fingerprint density at radius 1 is 1.26 bits per heavy atom. The van der Waals surface area contributed by atoms with Gasteiger partial charge in [-0.25, -0.2) is 0 Å². The third kappa shape index (κ3) is 5.18. The van der Waals surface area contributed by atoms with Crippen molar-refractivity contribution in [2.24, 2.45) is 0 Å². The standard InChI is InChI=1S/C17H19NO3S2/c1-12-6-8-13(9-7-12)11-14-16(21)18(17(22)23-14)10-4-2-3-5-15(19)20/h6-9,11H,2-5,10H2,1H3,(H,19,20)/p-1/b14-11-. The van der Waals surface area contributed by atoms with Gasteiger partial charge in [0, 0.05) is 12.5 Å². The summed E-state index contributed by atoms with van der Waals surface area (Å²) in [6.45, 7) is 2.55. The zero-order valence-electron chi connectivity index (χ0n) is 12.9. The summed E-state index contributed by atoms with van der Waals surface area (Å²) < 4.78 is 0.563. The van der Waals surface area contributed by atoms with Gasteiger partial charge in [-0.3, -0.25) is 9.69 Å². The Morgan fingerprint density at radius 3 is 2.61 bits per heavy atom. The molecule has 4 nitrogen and oxygen atoms in total. The summed E-state index contributed by atoms with van der Waals surface area (Å²) in [6.07, 6.45) is 3.95. The number of thiocarbonyl (C=S) groups is 1. The molecule has 1 saturated heterocycles. The molecule has 6 heteroatoms. The van der Waals surface area contributed by atoms with Crippen LogP contribution >= 0.6 is 24.0 Å². The minimum Gasteiger partial charge on any atom is -0.550 e. The van der Waals surface area contributed by atoms with E-state index in [1.807, 2.05) is 37.3 Å². The van der Waals surface area contributed by atoms with E-state index in [2.05, 4.69) is 0 Å². The van der Waals surface area contributed by atoms with Gasteiger partial charge in [-0.05, 0) is 37.8 Å². The molecule has 2 rings (SSSR count). The molecule has 0 atom stereocenters. The Hall–Kier alpha value is -1.66. The van der Waals surface area contributed by atoms with Gasteiger partial charge in [-0.1, -0.05) is 60.2 Å². The average molecular weight is 348 g/mol. The molecule has 0 aliphatic carbocycles. The fourth-order valence-electron chi connectivity index (χ4n) is 2.22. The molecule has 1 aliphatic heterocycles. The Balaban J connectivity index is 1.91. The second kappa shape index (κ2) is 8.26. The lowest BCUT2D eigenvalue weighted by molar-refractivity contribution is -0.305. The highest BCUT2D eigenvalue weighted by atomic mass is 32.2. The first-order chi connectivity index (χ1) is 11.0.